The zero-order valence-electron chi connectivity index (χ0n) is 9.39. The van der Waals surface area contributed by atoms with Crippen LogP contribution in [0.15, 0.2) is 12.3 Å². The Morgan fingerprint density at radius 3 is 2.93 bits per heavy atom. The van der Waals surface area contributed by atoms with E-state index in [0.717, 1.165) is 25.2 Å². The summed E-state index contributed by atoms with van der Waals surface area (Å²) in [5.74, 6) is 0.798. The molecular formula is C12H20N2O. The second kappa shape index (κ2) is 4.79. The fourth-order valence-electron chi connectivity index (χ4n) is 2.19. The van der Waals surface area contributed by atoms with Crippen molar-refractivity contribution in [2.24, 2.45) is 13.0 Å². The molecule has 1 fully saturated rings. The summed E-state index contributed by atoms with van der Waals surface area (Å²) in [6, 6.07) is 2.02. The van der Waals surface area contributed by atoms with Crippen LogP contribution in [0.4, 0.5) is 0 Å². The zero-order valence-corrected chi connectivity index (χ0v) is 9.39. The summed E-state index contributed by atoms with van der Waals surface area (Å²) < 4.78 is 1.88. The normalized spacial score (nSPS) is 18.8. The topological polar surface area (TPSA) is 38.0 Å². The highest BCUT2D eigenvalue weighted by molar-refractivity contribution is 5.00. The fraction of sp³-hybridized carbons (Fsp3) is 0.750. The molecule has 3 nitrogen and oxygen atoms in total. The summed E-state index contributed by atoms with van der Waals surface area (Å²) in [4.78, 5) is 0. The molecule has 1 unspecified atom stereocenters. The molecule has 1 heterocycles. The molecule has 84 valence electrons. The van der Waals surface area contributed by atoms with Crippen molar-refractivity contribution in [1.82, 2.24) is 9.78 Å². The first kappa shape index (κ1) is 10.7. The van der Waals surface area contributed by atoms with Crippen LogP contribution >= 0.6 is 0 Å². The number of hydrogen-bond donors (Lipinski definition) is 1. The highest BCUT2D eigenvalue weighted by Crippen LogP contribution is 2.31. The Kier molecular flexibility index (Phi) is 3.41. The van der Waals surface area contributed by atoms with Gasteiger partial charge in [0.1, 0.15) is 0 Å². The van der Waals surface area contributed by atoms with Crippen LogP contribution in [0, 0.1) is 5.92 Å². The van der Waals surface area contributed by atoms with E-state index in [9.17, 15) is 5.11 Å². The van der Waals surface area contributed by atoms with Gasteiger partial charge in [-0.1, -0.05) is 19.3 Å². The predicted octanol–water partition coefficient (Wildman–Crippen LogP) is 1.90. The molecule has 1 aliphatic rings. The van der Waals surface area contributed by atoms with Gasteiger partial charge >= 0.3 is 0 Å². The van der Waals surface area contributed by atoms with Crippen LogP contribution in [0.25, 0.3) is 0 Å². The second-order valence-electron chi connectivity index (χ2n) is 4.67. The third-order valence-corrected chi connectivity index (χ3v) is 3.49. The summed E-state index contributed by atoms with van der Waals surface area (Å²) in [5, 5.41) is 14.0. The van der Waals surface area contributed by atoms with Crippen LogP contribution < -0.4 is 0 Å². The van der Waals surface area contributed by atoms with Gasteiger partial charge < -0.3 is 5.11 Å². The first-order valence-corrected chi connectivity index (χ1v) is 5.90. The summed E-state index contributed by atoms with van der Waals surface area (Å²) in [5.41, 5.74) is 1.21. The summed E-state index contributed by atoms with van der Waals surface area (Å²) >= 11 is 0. The lowest BCUT2D eigenvalue weighted by atomic mass is 9.81. The molecule has 1 aromatic heterocycles. The third kappa shape index (κ3) is 2.81. The Labute approximate surface area is 91.1 Å². The van der Waals surface area contributed by atoms with Crippen LogP contribution in [-0.4, -0.2) is 21.0 Å². The van der Waals surface area contributed by atoms with E-state index in [0.29, 0.717) is 0 Å². The average molecular weight is 208 g/mol. The SMILES string of the molecule is Cn1nccc1CCC(O)CC1CCC1. The van der Waals surface area contributed by atoms with Crippen molar-refractivity contribution in [1.29, 1.82) is 0 Å². The van der Waals surface area contributed by atoms with E-state index in [4.69, 9.17) is 0 Å². The fourth-order valence-corrected chi connectivity index (χ4v) is 2.19. The number of hydrogen-bond acceptors (Lipinski definition) is 2. The van der Waals surface area contributed by atoms with E-state index in [1.807, 2.05) is 24.0 Å². The number of nitrogens with zero attached hydrogens (tertiary/aromatic N) is 2. The number of rotatable bonds is 5. The van der Waals surface area contributed by atoms with Crippen molar-refractivity contribution in [3.8, 4) is 0 Å². The molecule has 1 atom stereocenters. The van der Waals surface area contributed by atoms with Crippen LogP contribution in [-0.2, 0) is 13.5 Å². The van der Waals surface area contributed by atoms with Gasteiger partial charge in [0.2, 0.25) is 0 Å². The van der Waals surface area contributed by atoms with E-state index in [-0.39, 0.29) is 6.10 Å². The van der Waals surface area contributed by atoms with E-state index in [1.165, 1.54) is 25.0 Å². The van der Waals surface area contributed by atoms with E-state index in [2.05, 4.69) is 5.10 Å². The van der Waals surface area contributed by atoms with Gasteiger partial charge in [-0.05, 0) is 31.2 Å². The second-order valence-corrected chi connectivity index (χ2v) is 4.67. The van der Waals surface area contributed by atoms with Gasteiger partial charge in [0.25, 0.3) is 0 Å². The van der Waals surface area contributed by atoms with E-state index < -0.39 is 0 Å². The maximum Gasteiger partial charge on any atom is 0.0546 e. The maximum atomic E-state index is 9.84. The van der Waals surface area contributed by atoms with Crippen LogP contribution in [0.1, 0.15) is 37.8 Å². The number of aliphatic hydroxyl groups excluding tert-OH is 1. The molecule has 0 spiro atoms. The van der Waals surface area contributed by atoms with Crippen molar-refractivity contribution >= 4 is 0 Å². The Morgan fingerprint density at radius 1 is 1.60 bits per heavy atom. The summed E-state index contributed by atoms with van der Waals surface area (Å²) in [6.45, 7) is 0. The summed E-state index contributed by atoms with van der Waals surface area (Å²) in [6.07, 6.45) is 8.50. The molecular weight excluding hydrogens is 188 g/mol. The van der Waals surface area contributed by atoms with Crippen molar-refractivity contribution in [3.63, 3.8) is 0 Å². The smallest absolute Gasteiger partial charge is 0.0546 e. The molecule has 0 amide bonds. The van der Waals surface area contributed by atoms with Crippen molar-refractivity contribution in [2.45, 2.75) is 44.6 Å². The molecule has 2 rings (SSSR count). The molecule has 0 radical (unpaired) electrons. The van der Waals surface area contributed by atoms with Crippen molar-refractivity contribution in [2.75, 3.05) is 0 Å². The maximum absolute atomic E-state index is 9.84. The zero-order chi connectivity index (χ0) is 10.7. The van der Waals surface area contributed by atoms with Gasteiger partial charge in [-0.25, -0.2) is 0 Å². The highest BCUT2D eigenvalue weighted by atomic mass is 16.3. The van der Waals surface area contributed by atoms with Gasteiger partial charge in [0.15, 0.2) is 0 Å². The highest BCUT2D eigenvalue weighted by Gasteiger charge is 2.20. The minimum absolute atomic E-state index is 0.120. The first-order valence-electron chi connectivity index (χ1n) is 5.90. The largest absolute Gasteiger partial charge is 0.393 e. The molecule has 1 N–H and O–H groups in total. The van der Waals surface area contributed by atoms with E-state index >= 15 is 0 Å². The van der Waals surface area contributed by atoms with Crippen LogP contribution in [0.3, 0.4) is 0 Å². The monoisotopic (exact) mass is 208 g/mol. The van der Waals surface area contributed by atoms with Crippen LogP contribution in [0.2, 0.25) is 0 Å². The molecule has 0 aromatic carbocycles. The molecule has 1 aliphatic carbocycles. The minimum Gasteiger partial charge on any atom is -0.393 e. The lowest BCUT2D eigenvalue weighted by Gasteiger charge is -2.27. The number of aliphatic hydroxyl groups is 1. The first-order chi connectivity index (χ1) is 7.25. The molecule has 3 heteroatoms. The van der Waals surface area contributed by atoms with Crippen molar-refractivity contribution in [3.05, 3.63) is 18.0 Å². The van der Waals surface area contributed by atoms with Gasteiger partial charge in [-0.2, -0.15) is 5.10 Å². The molecule has 15 heavy (non-hydrogen) atoms. The number of aryl methyl sites for hydroxylation is 2. The minimum atomic E-state index is -0.120. The Hall–Kier alpha value is -0.830. The van der Waals surface area contributed by atoms with Gasteiger partial charge in [-0.15, -0.1) is 0 Å². The summed E-state index contributed by atoms with van der Waals surface area (Å²) in [7, 11) is 1.95. The van der Waals surface area contributed by atoms with Gasteiger partial charge in [0, 0.05) is 18.9 Å². The average Bonchev–Trinajstić information content (AvgIpc) is 2.55. The third-order valence-electron chi connectivity index (χ3n) is 3.49. The quantitative estimate of drug-likeness (QED) is 0.802. The molecule has 1 saturated carbocycles. The van der Waals surface area contributed by atoms with Crippen LogP contribution in [0.5, 0.6) is 0 Å². The molecule has 0 aliphatic heterocycles. The number of aromatic nitrogens is 2. The van der Waals surface area contributed by atoms with Gasteiger partial charge in [-0.3, -0.25) is 4.68 Å². The molecule has 1 aromatic rings. The molecule has 0 saturated heterocycles. The Balaban J connectivity index is 1.70. The predicted molar refractivity (Wildman–Crippen MR) is 59.5 cm³/mol. The van der Waals surface area contributed by atoms with Gasteiger partial charge in [0.05, 0.1) is 6.10 Å². The molecule has 0 bridgehead atoms. The van der Waals surface area contributed by atoms with Crippen molar-refractivity contribution < 1.29 is 5.11 Å². The standard InChI is InChI=1S/C12H20N2O/c1-14-11(7-8-13-14)5-6-12(15)9-10-3-2-4-10/h7-8,10,12,15H,2-6,9H2,1H3. The lowest BCUT2D eigenvalue weighted by molar-refractivity contribution is 0.110. The Bertz CT molecular complexity index is 304. The lowest BCUT2D eigenvalue weighted by Crippen LogP contribution is -2.20. The van der Waals surface area contributed by atoms with E-state index in [1.54, 1.807) is 0 Å². The Morgan fingerprint density at radius 2 is 2.40 bits per heavy atom.